The van der Waals surface area contributed by atoms with Gasteiger partial charge in [-0.15, -0.1) is 0 Å². The van der Waals surface area contributed by atoms with E-state index >= 15 is 0 Å². The molecule has 9 heteroatoms. The molecular formula is C16H11Cl2N2O5-. The van der Waals surface area contributed by atoms with Gasteiger partial charge in [0.2, 0.25) is 0 Å². The molecule has 2 rings (SSSR count). The van der Waals surface area contributed by atoms with Gasteiger partial charge in [0.15, 0.2) is 0 Å². The number of carbonyl (C=O) groups is 2. The van der Waals surface area contributed by atoms with Crippen LogP contribution in [0, 0.1) is 10.1 Å². The third kappa shape index (κ3) is 4.91. The van der Waals surface area contributed by atoms with Crippen LogP contribution in [0.5, 0.6) is 0 Å². The van der Waals surface area contributed by atoms with Crippen LogP contribution >= 0.6 is 23.2 Å². The van der Waals surface area contributed by atoms with Crippen LogP contribution in [0.2, 0.25) is 10.0 Å². The number of non-ortho nitro benzene ring substituents is 1. The summed E-state index contributed by atoms with van der Waals surface area (Å²) in [6.45, 7) is 0. The van der Waals surface area contributed by atoms with E-state index < -0.39 is 29.3 Å². The number of nitrogens with one attached hydrogen (secondary N) is 1. The molecule has 130 valence electrons. The van der Waals surface area contributed by atoms with E-state index in [1.165, 1.54) is 42.5 Å². The average Bonchev–Trinajstić information content (AvgIpc) is 2.56. The second kappa shape index (κ2) is 7.96. The number of aliphatic carboxylic acids is 1. The molecular weight excluding hydrogens is 371 g/mol. The van der Waals surface area contributed by atoms with E-state index in [1.54, 1.807) is 0 Å². The highest BCUT2D eigenvalue weighted by atomic mass is 35.5. The van der Waals surface area contributed by atoms with Crippen molar-refractivity contribution >= 4 is 40.8 Å². The summed E-state index contributed by atoms with van der Waals surface area (Å²) >= 11 is 11.6. The monoisotopic (exact) mass is 381 g/mol. The van der Waals surface area contributed by atoms with Crippen LogP contribution in [-0.2, 0) is 4.79 Å². The number of carbonyl (C=O) groups excluding carboxylic acids is 2. The fourth-order valence-electron chi connectivity index (χ4n) is 2.15. The van der Waals surface area contributed by atoms with E-state index in [2.05, 4.69) is 5.32 Å². The number of hydrogen-bond donors (Lipinski definition) is 1. The van der Waals surface area contributed by atoms with Crippen molar-refractivity contribution in [3.8, 4) is 0 Å². The van der Waals surface area contributed by atoms with Gasteiger partial charge in [0.25, 0.3) is 11.6 Å². The third-order valence-corrected chi connectivity index (χ3v) is 4.08. The number of hydrogen-bond acceptors (Lipinski definition) is 5. The predicted octanol–water partition coefficient (Wildman–Crippen LogP) is 2.51. The highest BCUT2D eigenvalue weighted by Crippen LogP contribution is 2.25. The number of rotatable bonds is 6. The maximum absolute atomic E-state index is 12.3. The fourth-order valence-corrected chi connectivity index (χ4v) is 2.45. The van der Waals surface area contributed by atoms with Crippen molar-refractivity contribution in [2.75, 3.05) is 0 Å². The Kier molecular flexibility index (Phi) is 5.95. The van der Waals surface area contributed by atoms with Gasteiger partial charge >= 0.3 is 0 Å². The Hall–Kier alpha value is -2.64. The largest absolute Gasteiger partial charge is 0.550 e. The molecule has 1 amide bonds. The Balaban J connectivity index is 2.29. The topological polar surface area (TPSA) is 112 Å². The van der Waals surface area contributed by atoms with Crippen molar-refractivity contribution in [1.29, 1.82) is 0 Å². The quantitative estimate of drug-likeness (QED) is 0.609. The van der Waals surface area contributed by atoms with Crippen molar-refractivity contribution in [1.82, 2.24) is 5.32 Å². The number of halogens is 2. The standard InChI is InChI=1S/C16H12Cl2N2O5/c17-12-5-4-10(7-13(12)18)16(23)19-14(8-15(21)22)9-2-1-3-11(6-9)20(24)25/h1-7,14H,8H2,(H,19,23)(H,21,22)/p-1/t14-/m1/s1. The number of amides is 1. The number of carboxylic acid groups (broad SMARTS) is 1. The summed E-state index contributed by atoms with van der Waals surface area (Å²) < 4.78 is 0. The highest BCUT2D eigenvalue weighted by Gasteiger charge is 2.19. The number of benzene rings is 2. The maximum atomic E-state index is 12.3. The Morgan fingerprint density at radius 3 is 2.44 bits per heavy atom. The van der Waals surface area contributed by atoms with Crippen molar-refractivity contribution in [3.63, 3.8) is 0 Å². The molecule has 0 aliphatic heterocycles. The predicted molar refractivity (Wildman–Crippen MR) is 89.4 cm³/mol. The molecule has 0 fully saturated rings. The van der Waals surface area contributed by atoms with E-state index in [0.29, 0.717) is 0 Å². The minimum atomic E-state index is -1.41. The van der Waals surface area contributed by atoms with Crippen LogP contribution in [0.3, 0.4) is 0 Å². The molecule has 0 spiro atoms. The van der Waals surface area contributed by atoms with Gasteiger partial charge in [-0.1, -0.05) is 35.3 Å². The molecule has 0 unspecified atom stereocenters. The Bertz CT molecular complexity index is 841. The Morgan fingerprint density at radius 2 is 1.84 bits per heavy atom. The van der Waals surface area contributed by atoms with Gasteiger partial charge in [-0.3, -0.25) is 14.9 Å². The lowest BCUT2D eigenvalue weighted by atomic mass is 10.0. The summed E-state index contributed by atoms with van der Waals surface area (Å²) in [4.78, 5) is 33.6. The zero-order valence-corrected chi connectivity index (χ0v) is 14.1. The number of nitro benzene ring substituents is 1. The molecule has 0 bridgehead atoms. The summed E-state index contributed by atoms with van der Waals surface area (Å²) in [6.07, 6.45) is -0.547. The molecule has 0 aliphatic carbocycles. The van der Waals surface area contributed by atoms with Gasteiger partial charge in [-0.05, 0) is 23.8 Å². The van der Waals surface area contributed by atoms with Gasteiger partial charge in [-0.25, -0.2) is 0 Å². The van der Waals surface area contributed by atoms with Gasteiger partial charge in [-0.2, -0.15) is 0 Å². The van der Waals surface area contributed by atoms with Crippen molar-refractivity contribution < 1.29 is 19.6 Å². The number of nitrogens with zero attached hydrogens (tertiary/aromatic N) is 1. The van der Waals surface area contributed by atoms with Gasteiger partial charge in [0.05, 0.1) is 21.0 Å². The van der Waals surface area contributed by atoms with Crippen LogP contribution in [0.4, 0.5) is 5.69 Å². The van der Waals surface area contributed by atoms with Crippen LogP contribution in [-0.4, -0.2) is 16.8 Å². The first kappa shape index (κ1) is 18.7. The molecule has 0 saturated heterocycles. The molecule has 0 aliphatic rings. The molecule has 0 aromatic heterocycles. The minimum absolute atomic E-state index is 0.168. The fraction of sp³-hybridized carbons (Fsp3) is 0.125. The van der Waals surface area contributed by atoms with E-state index in [0.717, 1.165) is 0 Å². The van der Waals surface area contributed by atoms with E-state index in [1.807, 2.05) is 0 Å². The molecule has 1 N–H and O–H groups in total. The Morgan fingerprint density at radius 1 is 1.12 bits per heavy atom. The number of carboxylic acids is 1. The first-order valence-electron chi connectivity index (χ1n) is 6.98. The molecule has 1 atom stereocenters. The van der Waals surface area contributed by atoms with E-state index in [4.69, 9.17) is 23.2 Å². The third-order valence-electron chi connectivity index (χ3n) is 3.34. The lowest BCUT2D eigenvalue weighted by Gasteiger charge is -2.20. The second-order valence-electron chi connectivity index (χ2n) is 5.08. The van der Waals surface area contributed by atoms with Crippen molar-refractivity contribution in [2.24, 2.45) is 0 Å². The zero-order chi connectivity index (χ0) is 18.6. The SMILES string of the molecule is O=C([O-])C[C@@H](NC(=O)c1ccc(Cl)c(Cl)c1)c1cccc([N+](=O)[O-])c1. The van der Waals surface area contributed by atoms with Gasteiger partial charge in [0.1, 0.15) is 0 Å². The molecule has 0 saturated carbocycles. The highest BCUT2D eigenvalue weighted by molar-refractivity contribution is 6.42. The molecule has 2 aromatic carbocycles. The number of nitro groups is 1. The van der Waals surface area contributed by atoms with E-state index in [9.17, 15) is 24.8 Å². The van der Waals surface area contributed by atoms with Gasteiger partial charge < -0.3 is 15.2 Å². The first-order valence-corrected chi connectivity index (χ1v) is 7.73. The molecule has 0 radical (unpaired) electrons. The van der Waals surface area contributed by atoms with Gasteiger partial charge in [0, 0.05) is 30.1 Å². The van der Waals surface area contributed by atoms with Crippen LogP contribution < -0.4 is 10.4 Å². The summed E-state index contributed by atoms with van der Waals surface area (Å²) in [5, 5.41) is 24.8. The van der Waals surface area contributed by atoms with Crippen LogP contribution in [0.25, 0.3) is 0 Å². The summed E-state index contributed by atoms with van der Waals surface area (Å²) in [6, 6.07) is 8.53. The average molecular weight is 382 g/mol. The first-order chi connectivity index (χ1) is 11.8. The van der Waals surface area contributed by atoms with Crippen molar-refractivity contribution in [2.45, 2.75) is 12.5 Å². The van der Waals surface area contributed by atoms with Crippen LogP contribution in [0.1, 0.15) is 28.4 Å². The lowest BCUT2D eigenvalue weighted by molar-refractivity contribution is -0.385. The molecule has 25 heavy (non-hydrogen) atoms. The second-order valence-corrected chi connectivity index (χ2v) is 5.90. The Labute approximate surface area is 152 Å². The normalized spacial score (nSPS) is 11.6. The van der Waals surface area contributed by atoms with Crippen LogP contribution in [0.15, 0.2) is 42.5 Å². The minimum Gasteiger partial charge on any atom is -0.550 e. The van der Waals surface area contributed by atoms with E-state index in [-0.39, 0.29) is 26.9 Å². The van der Waals surface area contributed by atoms with Crippen molar-refractivity contribution in [3.05, 3.63) is 73.8 Å². The molecule has 2 aromatic rings. The lowest BCUT2D eigenvalue weighted by Crippen LogP contribution is -2.34. The summed E-state index contributed by atoms with van der Waals surface area (Å²) in [5.74, 6) is -2.01. The summed E-state index contributed by atoms with van der Waals surface area (Å²) in [7, 11) is 0. The molecule has 0 heterocycles. The smallest absolute Gasteiger partial charge is 0.269 e. The maximum Gasteiger partial charge on any atom is 0.269 e. The molecule has 7 nitrogen and oxygen atoms in total. The summed E-state index contributed by atoms with van der Waals surface area (Å²) in [5.41, 5.74) is 0.222. The zero-order valence-electron chi connectivity index (χ0n) is 12.6.